The first-order valence-electron chi connectivity index (χ1n) is 8.80. The summed E-state index contributed by atoms with van der Waals surface area (Å²) in [5.74, 6) is -1.96. The van der Waals surface area contributed by atoms with Gasteiger partial charge in [0.25, 0.3) is 0 Å². The minimum atomic E-state index is -0.996. The Labute approximate surface area is 172 Å². The summed E-state index contributed by atoms with van der Waals surface area (Å²) in [7, 11) is 0. The van der Waals surface area contributed by atoms with E-state index in [2.05, 4.69) is 10.3 Å². The summed E-state index contributed by atoms with van der Waals surface area (Å²) >= 11 is 7.48. The van der Waals surface area contributed by atoms with Crippen molar-refractivity contribution < 1.29 is 14.7 Å². The van der Waals surface area contributed by atoms with Crippen LogP contribution < -0.4 is 5.32 Å². The predicted molar refractivity (Wildman–Crippen MR) is 112 cm³/mol. The Kier molecular flexibility index (Phi) is 6.79. The molecule has 28 heavy (non-hydrogen) atoms. The normalized spacial score (nSPS) is 11.8. The molecule has 7 heteroatoms. The fraction of sp³-hybridized carbons (Fsp3) is 0.190. The first-order chi connectivity index (χ1) is 13.5. The molecular weight excluding hydrogens is 396 g/mol. The number of aromatic nitrogens is 1. The summed E-state index contributed by atoms with van der Waals surface area (Å²) in [5.41, 5.74) is 2.53. The lowest BCUT2D eigenvalue weighted by molar-refractivity contribution is -0.140. The van der Waals surface area contributed by atoms with E-state index >= 15 is 0 Å². The Morgan fingerprint density at radius 2 is 1.82 bits per heavy atom. The van der Waals surface area contributed by atoms with Crippen LogP contribution in [0.4, 0.5) is 5.13 Å². The lowest BCUT2D eigenvalue weighted by Crippen LogP contribution is -2.25. The maximum Gasteiger partial charge on any atom is 0.304 e. The molecule has 3 rings (SSSR count). The highest BCUT2D eigenvalue weighted by Gasteiger charge is 2.23. The van der Waals surface area contributed by atoms with Gasteiger partial charge < -0.3 is 10.4 Å². The first kappa shape index (κ1) is 20.0. The molecule has 0 radical (unpaired) electrons. The molecule has 3 aromatic rings. The summed E-state index contributed by atoms with van der Waals surface area (Å²) in [5, 5.41) is 14.7. The number of halogens is 1. The number of aryl methyl sites for hydroxylation is 1. The second-order valence-electron chi connectivity index (χ2n) is 6.33. The van der Waals surface area contributed by atoms with Gasteiger partial charge in [-0.1, -0.05) is 60.1 Å². The maximum atomic E-state index is 12.6. The van der Waals surface area contributed by atoms with E-state index in [4.69, 9.17) is 11.6 Å². The standard InChI is InChI=1S/C21H19ClN2O3S/c22-17-9-5-4-8-16(17)18-13-28-21(23-18)24-20(27)15(12-19(25)26)11-10-14-6-2-1-3-7-14/h1-9,13,15H,10-12H2,(H,25,26)(H,23,24,27). The Morgan fingerprint density at radius 1 is 1.11 bits per heavy atom. The van der Waals surface area contributed by atoms with Crippen molar-refractivity contribution in [1.82, 2.24) is 4.98 Å². The van der Waals surface area contributed by atoms with Gasteiger partial charge in [-0.2, -0.15) is 0 Å². The van der Waals surface area contributed by atoms with Crippen molar-refractivity contribution in [1.29, 1.82) is 0 Å². The Bertz CT molecular complexity index is 959. The van der Waals surface area contributed by atoms with E-state index in [1.807, 2.05) is 53.9 Å². The largest absolute Gasteiger partial charge is 0.481 e. The van der Waals surface area contributed by atoms with Crippen LogP contribution in [0.15, 0.2) is 60.0 Å². The number of rotatable bonds is 8. The van der Waals surface area contributed by atoms with Crippen molar-refractivity contribution in [2.45, 2.75) is 19.3 Å². The van der Waals surface area contributed by atoms with Gasteiger partial charge in [-0.15, -0.1) is 11.3 Å². The minimum absolute atomic E-state index is 0.221. The summed E-state index contributed by atoms with van der Waals surface area (Å²) in [4.78, 5) is 28.3. The quantitative estimate of drug-likeness (QED) is 0.535. The molecule has 2 aromatic carbocycles. The summed E-state index contributed by atoms with van der Waals surface area (Å²) in [6.07, 6.45) is 0.862. The molecule has 5 nitrogen and oxygen atoms in total. The number of benzene rings is 2. The van der Waals surface area contributed by atoms with E-state index in [0.29, 0.717) is 28.7 Å². The molecule has 0 saturated heterocycles. The van der Waals surface area contributed by atoms with E-state index in [0.717, 1.165) is 11.1 Å². The Hall–Kier alpha value is -2.70. The summed E-state index contributed by atoms with van der Waals surface area (Å²) < 4.78 is 0. The zero-order chi connectivity index (χ0) is 19.9. The molecule has 0 aliphatic rings. The smallest absolute Gasteiger partial charge is 0.304 e. The van der Waals surface area contributed by atoms with Crippen LogP contribution >= 0.6 is 22.9 Å². The fourth-order valence-corrected chi connectivity index (χ4v) is 3.80. The van der Waals surface area contributed by atoms with E-state index in [1.165, 1.54) is 11.3 Å². The Balaban J connectivity index is 1.68. The number of carboxylic acid groups (broad SMARTS) is 1. The number of anilines is 1. The van der Waals surface area contributed by atoms with Crippen molar-refractivity contribution in [3.05, 3.63) is 70.6 Å². The first-order valence-corrected chi connectivity index (χ1v) is 10.1. The van der Waals surface area contributed by atoms with Gasteiger partial charge in [0.1, 0.15) is 0 Å². The third-order valence-corrected chi connectivity index (χ3v) is 5.39. The number of nitrogens with zero attached hydrogens (tertiary/aromatic N) is 1. The van der Waals surface area contributed by atoms with Crippen molar-refractivity contribution in [2.75, 3.05) is 5.32 Å². The number of hydrogen-bond donors (Lipinski definition) is 2. The molecule has 0 aliphatic heterocycles. The third kappa shape index (κ3) is 5.41. The van der Waals surface area contributed by atoms with Gasteiger partial charge in [0.05, 0.1) is 12.1 Å². The number of hydrogen-bond acceptors (Lipinski definition) is 4. The molecule has 1 amide bonds. The number of aliphatic carboxylic acids is 1. The van der Waals surface area contributed by atoms with Gasteiger partial charge in [-0.05, 0) is 24.5 Å². The van der Waals surface area contributed by atoms with Crippen LogP contribution in [0.5, 0.6) is 0 Å². The van der Waals surface area contributed by atoms with Gasteiger partial charge >= 0.3 is 5.97 Å². The summed E-state index contributed by atoms with van der Waals surface area (Å²) in [6, 6.07) is 17.0. The number of thiazole rings is 1. The lowest BCUT2D eigenvalue weighted by atomic mass is 9.95. The monoisotopic (exact) mass is 414 g/mol. The minimum Gasteiger partial charge on any atom is -0.481 e. The molecule has 1 aromatic heterocycles. The molecule has 0 saturated carbocycles. The van der Waals surface area contributed by atoms with E-state index in [1.54, 1.807) is 6.07 Å². The van der Waals surface area contributed by atoms with Gasteiger partial charge in [0, 0.05) is 21.9 Å². The van der Waals surface area contributed by atoms with Gasteiger partial charge in [0.2, 0.25) is 5.91 Å². The van der Waals surface area contributed by atoms with E-state index in [-0.39, 0.29) is 12.3 Å². The molecule has 144 valence electrons. The van der Waals surface area contributed by atoms with E-state index in [9.17, 15) is 14.7 Å². The predicted octanol–water partition coefficient (Wildman–Crippen LogP) is 5.13. The van der Waals surface area contributed by atoms with Gasteiger partial charge in [-0.25, -0.2) is 4.98 Å². The number of amides is 1. The average molecular weight is 415 g/mol. The SMILES string of the molecule is O=C(O)CC(CCc1ccccc1)C(=O)Nc1nc(-c2ccccc2Cl)cs1. The molecule has 1 atom stereocenters. The van der Waals surface area contributed by atoms with Crippen molar-refractivity contribution in [3.8, 4) is 11.3 Å². The molecule has 0 fully saturated rings. The second-order valence-corrected chi connectivity index (χ2v) is 7.59. The lowest BCUT2D eigenvalue weighted by Gasteiger charge is -2.14. The van der Waals surface area contributed by atoms with Crippen molar-refractivity contribution in [3.63, 3.8) is 0 Å². The molecule has 0 bridgehead atoms. The van der Waals surface area contributed by atoms with Gasteiger partial charge in [0.15, 0.2) is 5.13 Å². The molecule has 1 heterocycles. The zero-order valence-electron chi connectivity index (χ0n) is 15.0. The molecule has 1 unspecified atom stereocenters. The van der Waals surface area contributed by atoms with Crippen LogP contribution in [-0.4, -0.2) is 22.0 Å². The van der Waals surface area contributed by atoms with Crippen LogP contribution in [-0.2, 0) is 16.0 Å². The van der Waals surface area contributed by atoms with Crippen molar-refractivity contribution in [2.24, 2.45) is 5.92 Å². The molecular formula is C21H19ClN2O3S. The van der Waals surface area contributed by atoms with Crippen molar-refractivity contribution >= 4 is 39.9 Å². The highest BCUT2D eigenvalue weighted by atomic mass is 35.5. The zero-order valence-corrected chi connectivity index (χ0v) is 16.5. The number of carbonyl (C=O) groups is 2. The summed E-state index contributed by atoms with van der Waals surface area (Å²) in [6.45, 7) is 0. The number of nitrogens with one attached hydrogen (secondary N) is 1. The molecule has 0 aliphatic carbocycles. The Morgan fingerprint density at radius 3 is 2.54 bits per heavy atom. The number of carbonyl (C=O) groups excluding carboxylic acids is 1. The highest BCUT2D eigenvalue weighted by Crippen LogP contribution is 2.30. The van der Waals surface area contributed by atoms with Gasteiger partial charge in [-0.3, -0.25) is 9.59 Å². The maximum absolute atomic E-state index is 12.6. The van der Waals surface area contributed by atoms with Crippen LogP contribution in [0.3, 0.4) is 0 Å². The highest BCUT2D eigenvalue weighted by molar-refractivity contribution is 7.14. The molecule has 0 spiro atoms. The number of carboxylic acids is 1. The second kappa shape index (κ2) is 9.48. The topological polar surface area (TPSA) is 79.3 Å². The third-order valence-electron chi connectivity index (χ3n) is 4.30. The average Bonchev–Trinajstić information content (AvgIpc) is 3.14. The molecule has 2 N–H and O–H groups in total. The van der Waals surface area contributed by atoms with E-state index < -0.39 is 11.9 Å². The van der Waals surface area contributed by atoms with Crippen LogP contribution in [0.2, 0.25) is 5.02 Å². The van der Waals surface area contributed by atoms with Crippen LogP contribution in [0, 0.1) is 5.92 Å². The fourth-order valence-electron chi connectivity index (χ4n) is 2.85. The van der Waals surface area contributed by atoms with Crippen LogP contribution in [0.1, 0.15) is 18.4 Å². The van der Waals surface area contributed by atoms with Crippen LogP contribution in [0.25, 0.3) is 11.3 Å².